The molecule has 1 aromatic heterocycles. The summed E-state index contributed by atoms with van der Waals surface area (Å²) < 4.78 is 0. The Morgan fingerprint density at radius 3 is 2.53 bits per heavy atom. The molecular weight excluding hydrogens is 392 g/mol. The number of thioether (sulfide) groups is 1. The molecule has 0 atom stereocenters. The van der Waals surface area contributed by atoms with Crippen molar-refractivity contribution in [1.82, 2.24) is 9.88 Å². The van der Waals surface area contributed by atoms with Crippen LogP contribution in [-0.2, 0) is 16.0 Å². The van der Waals surface area contributed by atoms with Crippen molar-refractivity contribution in [2.75, 3.05) is 6.54 Å². The molecule has 0 spiro atoms. The average Bonchev–Trinajstić information content (AvgIpc) is 3.20. The second kappa shape index (κ2) is 8.15. The maximum Gasteiger partial charge on any atom is 0.268 e. The fourth-order valence-electron chi connectivity index (χ4n) is 4.00. The van der Waals surface area contributed by atoms with Gasteiger partial charge < -0.3 is 4.98 Å². The Hall–Kier alpha value is -2.79. The summed E-state index contributed by atoms with van der Waals surface area (Å²) >= 11 is 1.48. The van der Waals surface area contributed by atoms with Gasteiger partial charge in [0.25, 0.3) is 11.8 Å². The van der Waals surface area contributed by atoms with E-state index in [1.165, 1.54) is 16.7 Å². The average molecular weight is 419 g/mol. The SMILES string of the molecule is Cc1ccc(C2=C(SC(C)C)C(=O)N(CCc3c[nH]c4ccccc34)C2=O)c(C)c1. The second-order valence-electron chi connectivity index (χ2n) is 8.06. The molecule has 154 valence electrons. The lowest BCUT2D eigenvalue weighted by molar-refractivity contribution is -0.136. The number of rotatable bonds is 6. The summed E-state index contributed by atoms with van der Waals surface area (Å²) in [5.74, 6) is -0.358. The van der Waals surface area contributed by atoms with Gasteiger partial charge in [0.15, 0.2) is 0 Å². The zero-order chi connectivity index (χ0) is 21.4. The Balaban J connectivity index is 1.65. The first-order valence-corrected chi connectivity index (χ1v) is 11.1. The van der Waals surface area contributed by atoms with Gasteiger partial charge in [-0.05, 0) is 43.0 Å². The van der Waals surface area contributed by atoms with E-state index in [0.29, 0.717) is 23.4 Å². The van der Waals surface area contributed by atoms with Crippen molar-refractivity contribution >= 4 is 40.1 Å². The third-order valence-electron chi connectivity index (χ3n) is 5.41. The molecule has 1 N–H and O–H groups in total. The van der Waals surface area contributed by atoms with E-state index in [0.717, 1.165) is 33.2 Å². The van der Waals surface area contributed by atoms with Crippen LogP contribution in [-0.4, -0.2) is 33.5 Å². The molecule has 4 rings (SSSR count). The number of hydrogen-bond donors (Lipinski definition) is 1. The third-order valence-corrected chi connectivity index (χ3v) is 6.50. The van der Waals surface area contributed by atoms with E-state index in [-0.39, 0.29) is 17.1 Å². The summed E-state index contributed by atoms with van der Waals surface area (Å²) in [5.41, 5.74) is 5.75. The predicted octanol–water partition coefficient (Wildman–Crippen LogP) is 5.25. The maximum absolute atomic E-state index is 13.4. The zero-order valence-electron chi connectivity index (χ0n) is 17.8. The molecule has 0 aliphatic carbocycles. The second-order valence-corrected chi connectivity index (χ2v) is 9.65. The number of nitrogens with one attached hydrogen (secondary N) is 1. The van der Waals surface area contributed by atoms with E-state index in [9.17, 15) is 9.59 Å². The van der Waals surface area contributed by atoms with Crippen LogP contribution >= 0.6 is 11.8 Å². The number of aromatic amines is 1. The van der Waals surface area contributed by atoms with Crippen molar-refractivity contribution in [2.45, 2.75) is 39.4 Å². The summed E-state index contributed by atoms with van der Waals surface area (Å²) in [6.07, 6.45) is 2.60. The highest BCUT2D eigenvalue weighted by Gasteiger charge is 2.39. The summed E-state index contributed by atoms with van der Waals surface area (Å²) in [4.78, 5) is 31.9. The molecule has 30 heavy (non-hydrogen) atoms. The van der Waals surface area contributed by atoms with Gasteiger partial charge in [0.2, 0.25) is 0 Å². The Kier molecular flexibility index (Phi) is 5.56. The van der Waals surface area contributed by atoms with Gasteiger partial charge in [0.05, 0.1) is 10.5 Å². The fraction of sp³-hybridized carbons (Fsp3) is 0.280. The number of nitrogens with zero attached hydrogens (tertiary/aromatic N) is 1. The Bertz CT molecular complexity index is 1170. The molecule has 2 heterocycles. The van der Waals surface area contributed by atoms with Gasteiger partial charge in [-0.2, -0.15) is 0 Å². The summed E-state index contributed by atoms with van der Waals surface area (Å²) in [6.45, 7) is 8.49. The monoisotopic (exact) mass is 418 g/mol. The number of benzene rings is 2. The van der Waals surface area contributed by atoms with Gasteiger partial charge >= 0.3 is 0 Å². The first-order chi connectivity index (χ1) is 14.4. The van der Waals surface area contributed by atoms with E-state index >= 15 is 0 Å². The highest BCUT2D eigenvalue weighted by molar-refractivity contribution is 8.04. The van der Waals surface area contributed by atoms with Gasteiger partial charge in [0.1, 0.15) is 0 Å². The molecule has 2 amide bonds. The Morgan fingerprint density at radius 1 is 1.03 bits per heavy atom. The van der Waals surface area contributed by atoms with Crippen molar-refractivity contribution < 1.29 is 9.59 Å². The molecule has 1 aliphatic rings. The molecule has 0 unspecified atom stereocenters. The van der Waals surface area contributed by atoms with Crippen LogP contribution in [0.3, 0.4) is 0 Å². The summed E-state index contributed by atoms with van der Waals surface area (Å²) in [6, 6.07) is 14.1. The number of imide groups is 1. The molecular formula is C25H26N2O2S. The van der Waals surface area contributed by atoms with E-state index in [1.54, 1.807) is 0 Å². The van der Waals surface area contributed by atoms with E-state index in [2.05, 4.69) is 17.1 Å². The first-order valence-electron chi connectivity index (χ1n) is 10.3. The predicted molar refractivity (Wildman–Crippen MR) is 124 cm³/mol. The highest BCUT2D eigenvalue weighted by Crippen LogP contribution is 2.39. The van der Waals surface area contributed by atoms with Gasteiger partial charge in [0, 0.05) is 28.9 Å². The maximum atomic E-state index is 13.4. The molecule has 1 aliphatic heterocycles. The number of aromatic nitrogens is 1. The van der Waals surface area contributed by atoms with Gasteiger partial charge in [-0.3, -0.25) is 14.5 Å². The van der Waals surface area contributed by atoms with Crippen LogP contribution in [0.4, 0.5) is 0 Å². The molecule has 0 fully saturated rings. The summed E-state index contributed by atoms with van der Waals surface area (Å²) in [7, 11) is 0. The van der Waals surface area contributed by atoms with Crippen LogP contribution in [0.25, 0.3) is 16.5 Å². The van der Waals surface area contributed by atoms with Gasteiger partial charge in [-0.15, -0.1) is 11.8 Å². The number of carbonyl (C=O) groups excluding carboxylic acids is 2. The first kappa shape index (κ1) is 20.5. The van der Waals surface area contributed by atoms with Crippen molar-refractivity contribution in [3.63, 3.8) is 0 Å². The smallest absolute Gasteiger partial charge is 0.268 e. The number of H-pyrrole nitrogens is 1. The number of carbonyl (C=O) groups is 2. The minimum absolute atomic E-state index is 0.173. The molecule has 0 bridgehead atoms. The highest BCUT2D eigenvalue weighted by atomic mass is 32.2. The van der Waals surface area contributed by atoms with E-state index in [1.807, 2.05) is 64.2 Å². The Labute approximate surface area is 181 Å². The van der Waals surface area contributed by atoms with Crippen LogP contribution in [0.5, 0.6) is 0 Å². The normalized spacial score (nSPS) is 14.6. The van der Waals surface area contributed by atoms with Crippen LogP contribution in [0.15, 0.2) is 53.6 Å². The minimum atomic E-state index is -0.185. The number of para-hydroxylation sites is 1. The van der Waals surface area contributed by atoms with Crippen LogP contribution < -0.4 is 0 Å². The summed E-state index contributed by atoms with van der Waals surface area (Å²) in [5, 5.41) is 1.35. The molecule has 5 heteroatoms. The molecule has 0 saturated carbocycles. The van der Waals surface area contributed by atoms with Crippen molar-refractivity contribution in [2.24, 2.45) is 0 Å². The quantitative estimate of drug-likeness (QED) is 0.556. The largest absolute Gasteiger partial charge is 0.361 e. The van der Waals surface area contributed by atoms with Crippen LogP contribution in [0.2, 0.25) is 0 Å². The van der Waals surface area contributed by atoms with Crippen molar-refractivity contribution in [1.29, 1.82) is 0 Å². The lowest BCUT2D eigenvalue weighted by Crippen LogP contribution is -2.33. The standard InChI is InChI=1S/C25H26N2O2S/c1-15(2)30-23-22(19-10-9-16(3)13-17(19)4)24(28)27(25(23)29)12-11-18-14-26-21-8-6-5-7-20(18)21/h5-10,13-15,26H,11-12H2,1-4H3. The van der Waals surface area contributed by atoms with Gasteiger partial charge in [-0.25, -0.2) is 0 Å². The lowest BCUT2D eigenvalue weighted by Gasteiger charge is -2.15. The lowest BCUT2D eigenvalue weighted by atomic mass is 9.99. The van der Waals surface area contributed by atoms with E-state index < -0.39 is 0 Å². The van der Waals surface area contributed by atoms with E-state index in [4.69, 9.17) is 0 Å². The topological polar surface area (TPSA) is 53.2 Å². The van der Waals surface area contributed by atoms with Gasteiger partial charge in [-0.1, -0.05) is 55.8 Å². The zero-order valence-corrected chi connectivity index (χ0v) is 18.6. The molecule has 0 saturated heterocycles. The minimum Gasteiger partial charge on any atom is -0.361 e. The number of amides is 2. The number of fused-ring (bicyclic) bond motifs is 1. The van der Waals surface area contributed by atoms with Crippen molar-refractivity contribution in [3.05, 3.63) is 75.8 Å². The van der Waals surface area contributed by atoms with Crippen molar-refractivity contribution in [3.8, 4) is 0 Å². The third kappa shape index (κ3) is 3.70. The fourth-order valence-corrected chi connectivity index (χ4v) is 5.00. The Morgan fingerprint density at radius 2 is 1.80 bits per heavy atom. The number of aryl methyl sites for hydroxylation is 2. The van der Waals surface area contributed by atoms with Crippen LogP contribution in [0.1, 0.15) is 36.1 Å². The molecule has 0 radical (unpaired) electrons. The molecule has 2 aromatic carbocycles. The van der Waals surface area contributed by atoms with Crippen LogP contribution in [0, 0.1) is 13.8 Å². The number of hydrogen-bond acceptors (Lipinski definition) is 3. The molecule has 4 nitrogen and oxygen atoms in total. The molecule has 3 aromatic rings.